The lowest BCUT2D eigenvalue weighted by molar-refractivity contribution is -0.340. The molecule has 12 saturated carbocycles. The van der Waals surface area contributed by atoms with E-state index in [1.54, 1.807) is 128 Å². The molecule has 0 aromatic rings. The first-order valence-corrected chi connectivity index (χ1v) is 34.2. The maximum Gasteiger partial charge on any atom is 0.111 e. The van der Waals surface area contributed by atoms with Crippen molar-refractivity contribution in [3.05, 3.63) is 47.1 Å². The van der Waals surface area contributed by atoms with E-state index < -0.39 is 0 Å². The molecular formula is C71H103NO. The first-order chi connectivity index (χ1) is 36.0. The van der Waals surface area contributed by atoms with Gasteiger partial charge in [-0.05, 0) is 276 Å². The van der Waals surface area contributed by atoms with E-state index in [2.05, 4.69) is 52.0 Å². The van der Waals surface area contributed by atoms with Gasteiger partial charge in [0.1, 0.15) is 6.23 Å². The first kappa shape index (κ1) is 46.8. The normalized spacial score (nSPS) is 52.9. The van der Waals surface area contributed by atoms with Crippen LogP contribution in [0.1, 0.15) is 276 Å². The molecular weight excluding hydrogens is 883 g/mol. The van der Waals surface area contributed by atoms with Gasteiger partial charge in [-0.1, -0.05) is 111 Å². The molecule has 2 nitrogen and oxygen atoms in total. The number of nitrogens with zero attached hydrogens (tertiary/aromatic N) is 1. The molecule has 0 amide bonds. The zero-order chi connectivity index (χ0) is 47.9. The van der Waals surface area contributed by atoms with Crippen molar-refractivity contribution in [2.45, 2.75) is 293 Å². The van der Waals surface area contributed by atoms with E-state index in [1.807, 2.05) is 0 Å². The smallest absolute Gasteiger partial charge is 0.111 e. The molecule has 16 aliphatic carbocycles. The summed E-state index contributed by atoms with van der Waals surface area (Å²) >= 11 is 0. The minimum atomic E-state index is 0.189. The molecule has 10 atom stereocenters. The lowest BCUT2D eigenvalue weighted by Crippen LogP contribution is -2.83. The summed E-state index contributed by atoms with van der Waals surface area (Å²) in [6.07, 6.45) is 81.1. The van der Waals surface area contributed by atoms with Gasteiger partial charge in [-0.25, -0.2) is 0 Å². The van der Waals surface area contributed by atoms with Crippen molar-refractivity contribution < 1.29 is 4.74 Å². The summed E-state index contributed by atoms with van der Waals surface area (Å²) in [6, 6.07) is 0. The number of hydrogen-bond donors (Lipinski definition) is 0. The molecule has 0 aromatic carbocycles. The van der Waals surface area contributed by atoms with Gasteiger partial charge in [0.2, 0.25) is 0 Å². The highest BCUT2D eigenvalue weighted by Gasteiger charge is 2.99. The van der Waals surface area contributed by atoms with Gasteiger partial charge in [0.15, 0.2) is 0 Å². The summed E-state index contributed by atoms with van der Waals surface area (Å²) in [5, 5.41) is 0. The third-order valence-corrected chi connectivity index (χ3v) is 29.9. The summed E-state index contributed by atoms with van der Waals surface area (Å²) in [6.45, 7) is 1.04. The molecule has 398 valence electrons. The summed E-state index contributed by atoms with van der Waals surface area (Å²) in [4.78, 5) is 4.04. The molecule has 18 aliphatic rings. The van der Waals surface area contributed by atoms with Crippen molar-refractivity contribution in [3.8, 4) is 0 Å². The summed E-state index contributed by atoms with van der Waals surface area (Å²) in [7, 11) is 0. The van der Waals surface area contributed by atoms with E-state index in [0.717, 1.165) is 59.9 Å². The zero-order valence-electron chi connectivity index (χ0n) is 46.6. The number of ether oxygens (including phenoxy) is 1. The topological polar surface area (TPSA) is 12.5 Å². The van der Waals surface area contributed by atoms with Gasteiger partial charge in [-0.2, -0.15) is 0 Å². The van der Waals surface area contributed by atoms with Crippen molar-refractivity contribution in [1.29, 1.82) is 0 Å². The summed E-state index contributed by atoms with van der Waals surface area (Å²) < 4.78 is 8.14. The Balaban J connectivity index is 1.15. The van der Waals surface area contributed by atoms with Crippen molar-refractivity contribution in [2.75, 3.05) is 6.61 Å². The monoisotopic (exact) mass is 986 g/mol. The zero-order valence-corrected chi connectivity index (χ0v) is 46.6. The fraction of sp³-hybridized carbons (Fsp3) is 0.887. The largest absolute Gasteiger partial charge is 0.363 e. The Morgan fingerprint density at radius 3 is 1.58 bits per heavy atom. The highest BCUT2D eigenvalue weighted by Crippen LogP contribution is 3.00. The fourth-order valence-electron chi connectivity index (χ4n) is 29.5. The minimum Gasteiger partial charge on any atom is -0.363 e. The Kier molecular flexibility index (Phi) is 10.6. The van der Waals surface area contributed by atoms with Gasteiger partial charge < -0.3 is 4.74 Å². The van der Waals surface area contributed by atoms with E-state index >= 15 is 0 Å². The molecule has 2 saturated heterocycles. The second-order valence-electron chi connectivity index (χ2n) is 31.6. The van der Waals surface area contributed by atoms with Crippen molar-refractivity contribution in [2.24, 2.45) is 91.2 Å². The van der Waals surface area contributed by atoms with Gasteiger partial charge in [-0.3, -0.25) is 4.90 Å². The maximum atomic E-state index is 8.14. The third-order valence-electron chi connectivity index (χ3n) is 29.9. The Labute approximate surface area is 445 Å². The van der Waals surface area contributed by atoms with Crippen LogP contribution in [-0.4, -0.2) is 28.8 Å². The molecule has 8 bridgehead atoms. The van der Waals surface area contributed by atoms with Crippen LogP contribution in [0, 0.1) is 91.2 Å². The molecule has 2 heterocycles. The molecule has 14 fully saturated rings. The third kappa shape index (κ3) is 5.26. The van der Waals surface area contributed by atoms with Crippen LogP contribution in [0.5, 0.6) is 0 Å². The summed E-state index contributed by atoms with van der Waals surface area (Å²) in [5.74, 6) is 7.91. The fourth-order valence-corrected chi connectivity index (χ4v) is 29.5. The SMILES string of the molecule is C1=CC2(C3(C4CCC4)N(C4CCCO4)C(C4CCCCC4)(C4CCCC4)C(C4CCCCCC4)(C45CC6CC(CC(C7=CCCC7)(C6)C4(C4=CCC4)C4=CCCC4)C5)C3(C3CC3)C34CCC(CC3)C4)CCC1C2. The van der Waals surface area contributed by atoms with E-state index in [0.29, 0.717) is 27.9 Å². The van der Waals surface area contributed by atoms with Gasteiger partial charge in [0.25, 0.3) is 0 Å². The Hall–Kier alpha value is -1.12. The maximum absolute atomic E-state index is 8.14. The molecule has 0 aromatic heterocycles. The molecule has 2 heteroatoms. The highest BCUT2D eigenvalue weighted by molar-refractivity contribution is 5.57. The van der Waals surface area contributed by atoms with E-state index in [9.17, 15) is 0 Å². The second-order valence-corrected chi connectivity index (χ2v) is 31.6. The number of fused-ring (bicyclic) bond motifs is 4. The molecule has 0 spiro atoms. The van der Waals surface area contributed by atoms with Crippen LogP contribution in [0.2, 0.25) is 0 Å². The predicted octanol–water partition coefficient (Wildman–Crippen LogP) is 18.9. The van der Waals surface area contributed by atoms with Gasteiger partial charge in [0.05, 0.1) is 0 Å². The predicted molar refractivity (Wildman–Crippen MR) is 297 cm³/mol. The Bertz CT molecular complexity index is 2290. The lowest BCUT2D eigenvalue weighted by Gasteiger charge is -2.85. The molecule has 0 radical (unpaired) electrons. The van der Waals surface area contributed by atoms with Gasteiger partial charge in [-0.15, -0.1) is 0 Å². The number of likely N-dealkylation sites (tertiary alicyclic amines) is 1. The second kappa shape index (κ2) is 16.5. The van der Waals surface area contributed by atoms with E-state index in [1.165, 1.54) is 148 Å². The van der Waals surface area contributed by atoms with E-state index in [4.69, 9.17) is 4.74 Å². The number of hydrogen-bond acceptors (Lipinski definition) is 2. The van der Waals surface area contributed by atoms with Crippen molar-refractivity contribution in [3.63, 3.8) is 0 Å². The average Bonchev–Trinajstić information content (AvgIpc) is 3.41. The Morgan fingerprint density at radius 1 is 0.452 bits per heavy atom. The standard InChI is InChI=1S/C71H103NO/c1-2-5-26-59(25-4-1)70(66-48-52-43-53(49-66)47-65(46-52,54-17-8-9-18-54)67(66,56-27-14-28-56)55-19-10-11-20-55)68(58-23-12-13-24-58,57-21-6-3-7-22-57)72(62-31-16-42-73-62)71(61-29-15-30-61,64-40-36-51(45-64)37-41-64)69(70,60-32-33-60)63-38-34-50(44-63)35-39-63/h17,19,27,36,40,50-53,57-62H,1-16,18,20-26,28-35,37-39,41-49H2. The average molecular weight is 987 g/mol. The van der Waals surface area contributed by atoms with Crippen LogP contribution in [-0.2, 0) is 4.74 Å². The number of allylic oxidation sites excluding steroid dienone is 7. The van der Waals surface area contributed by atoms with Crippen LogP contribution in [0.3, 0.4) is 0 Å². The molecule has 0 N–H and O–H groups in total. The van der Waals surface area contributed by atoms with Crippen LogP contribution in [0.25, 0.3) is 0 Å². The Morgan fingerprint density at radius 2 is 1.07 bits per heavy atom. The number of rotatable bonds is 12. The lowest BCUT2D eigenvalue weighted by atomic mass is 9.17. The molecule has 2 aliphatic heterocycles. The van der Waals surface area contributed by atoms with Crippen LogP contribution in [0.15, 0.2) is 47.1 Å². The van der Waals surface area contributed by atoms with Crippen LogP contribution in [0.4, 0.5) is 0 Å². The van der Waals surface area contributed by atoms with Crippen molar-refractivity contribution in [1.82, 2.24) is 4.90 Å². The quantitative estimate of drug-likeness (QED) is 0.143. The highest BCUT2D eigenvalue weighted by atomic mass is 16.5. The van der Waals surface area contributed by atoms with Gasteiger partial charge >= 0.3 is 0 Å². The molecule has 73 heavy (non-hydrogen) atoms. The first-order valence-electron chi connectivity index (χ1n) is 34.2. The summed E-state index contributed by atoms with van der Waals surface area (Å²) in [5.41, 5.74) is 8.88. The molecule has 10 unspecified atom stereocenters. The molecule has 18 rings (SSSR count). The van der Waals surface area contributed by atoms with Crippen LogP contribution >= 0.6 is 0 Å². The minimum absolute atomic E-state index is 0.189. The van der Waals surface area contributed by atoms with Crippen molar-refractivity contribution >= 4 is 0 Å². The van der Waals surface area contributed by atoms with E-state index in [-0.39, 0.29) is 27.3 Å². The van der Waals surface area contributed by atoms with Crippen LogP contribution < -0.4 is 0 Å². The van der Waals surface area contributed by atoms with Gasteiger partial charge in [0, 0.05) is 44.8 Å².